The minimum atomic E-state index is -3.23. The maximum atomic E-state index is 15.0. The first-order chi connectivity index (χ1) is 14.7. The molecule has 1 fully saturated rings. The number of urea groups is 1. The highest BCUT2D eigenvalue weighted by Gasteiger charge is 2.30. The smallest absolute Gasteiger partial charge is 0.306 e. The lowest BCUT2D eigenvalue weighted by molar-refractivity contribution is 0.121. The van der Waals surface area contributed by atoms with Crippen LogP contribution in [0.3, 0.4) is 0 Å². The number of aryl methyl sites for hydroxylation is 1. The van der Waals surface area contributed by atoms with Gasteiger partial charge in [-0.15, -0.1) is 0 Å². The summed E-state index contributed by atoms with van der Waals surface area (Å²) in [4.78, 5) is 18.4. The average Bonchev–Trinajstić information content (AvgIpc) is 2.74. The van der Waals surface area contributed by atoms with Crippen molar-refractivity contribution in [2.75, 3.05) is 36.0 Å². The number of benzene rings is 1. The molecule has 1 aliphatic heterocycles. The SMILES string of the molecule is CCS(=O)(=O)N1CCN(Cc2cccc(NC(=O)Nc3ccc(C)nc3)c2F)[C@H](C)C1. The summed E-state index contributed by atoms with van der Waals surface area (Å²) in [6.07, 6.45) is 1.53. The standard InChI is InChI=1S/C21H28FN5O3S/c1-4-31(29,30)27-11-10-26(16(3)13-27)14-17-6-5-7-19(20(17)22)25-21(28)24-18-9-8-15(2)23-12-18/h5-9,12,16H,4,10-11,13-14H2,1-3H3,(H2,24,25,28)/t16-/m1/s1. The van der Waals surface area contributed by atoms with Gasteiger partial charge < -0.3 is 10.6 Å². The number of amides is 2. The van der Waals surface area contributed by atoms with Crippen LogP contribution in [0.2, 0.25) is 0 Å². The molecule has 0 radical (unpaired) electrons. The highest BCUT2D eigenvalue weighted by molar-refractivity contribution is 7.89. The summed E-state index contributed by atoms with van der Waals surface area (Å²) < 4.78 is 40.8. The Morgan fingerprint density at radius 3 is 2.65 bits per heavy atom. The Bertz CT molecular complexity index is 1030. The number of halogens is 1. The number of aromatic nitrogens is 1. The zero-order chi connectivity index (χ0) is 22.6. The van der Waals surface area contributed by atoms with E-state index < -0.39 is 21.9 Å². The van der Waals surface area contributed by atoms with E-state index in [2.05, 4.69) is 15.6 Å². The number of piperazine rings is 1. The minimum absolute atomic E-state index is 0.0524. The van der Waals surface area contributed by atoms with Gasteiger partial charge in [-0.3, -0.25) is 9.88 Å². The molecular formula is C21H28FN5O3S. The van der Waals surface area contributed by atoms with Gasteiger partial charge in [0.1, 0.15) is 0 Å². The van der Waals surface area contributed by atoms with Gasteiger partial charge >= 0.3 is 6.03 Å². The Morgan fingerprint density at radius 2 is 2.00 bits per heavy atom. The third kappa shape index (κ3) is 5.78. The summed E-state index contributed by atoms with van der Waals surface area (Å²) in [5, 5.41) is 5.16. The summed E-state index contributed by atoms with van der Waals surface area (Å²) in [5.41, 5.74) is 1.85. The lowest BCUT2D eigenvalue weighted by atomic mass is 10.1. The lowest BCUT2D eigenvalue weighted by Crippen LogP contribution is -2.53. The quantitative estimate of drug-likeness (QED) is 0.707. The van der Waals surface area contributed by atoms with E-state index in [1.807, 2.05) is 18.7 Å². The maximum absolute atomic E-state index is 15.0. The van der Waals surface area contributed by atoms with Gasteiger partial charge in [-0.1, -0.05) is 12.1 Å². The first-order valence-corrected chi connectivity index (χ1v) is 11.8. The molecule has 2 heterocycles. The molecule has 168 valence electrons. The number of hydrogen-bond donors (Lipinski definition) is 2. The molecule has 2 amide bonds. The Labute approximate surface area is 182 Å². The molecule has 0 bridgehead atoms. The van der Waals surface area contributed by atoms with E-state index in [0.29, 0.717) is 37.4 Å². The first kappa shape index (κ1) is 23.1. The van der Waals surface area contributed by atoms with Crippen molar-refractivity contribution in [2.45, 2.75) is 33.4 Å². The second kappa shape index (κ2) is 9.71. The summed E-state index contributed by atoms with van der Waals surface area (Å²) in [5.74, 6) is -0.432. The number of carbonyl (C=O) groups is 1. The molecule has 1 aromatic heterocycles. The zero-order valence-corrected chi connectivity index (χ0v) is 18.7. The van der Waals surface area contributed by atoms with E-state index in [9.17, 15) is 13.2 Å². The van der Waals surface area contributed by atoms with Gasteiger partial charge in [0.15, 0.2) is 5.82 Å². The van der Waals surface area contributed by atoms with Crippen molar-refractivity contribution in [3.8, 4) is 0 Å². The summed E-state index contributed by atoms with van der Waals surface area (Å²) in [6, 6.07) is 7.73. The Hall–Kier alpha value is -2.56. The van der Waals surface area contributed by atoms with Gasteiger partial charge in [-0.05, 0) is 39.0 Å². The molecule has 1 aliphatic rings. The molecule has 2 N–H and O–H groups in total. The van der Waals surface area contributed by atoms with Crippen LogP contribution < -0.4 is 10.6 Å². The van der Waals surface area contributed by atoms with Crippen LogP contribution in [0.4, 0.5) is 20.6 Å². The second-order valence-electron chi connectivity index (χ2n) is 7.62. The van der Waals surface area contributed by atoms with Crippen molar-refractivity contribution in [1.82, 2.24) is 14.2 Å². The number of anilines is 2. The van der Waals surface area contributed by atoms with Gasteiger partial charge in [0.25, 0.3) is 0 Å². The molecule has 1 atom stereocenters. The summed E-state index contributed by atoms with van der Waals surface area (Å²) in [6.45, 7) is 7.00. The van der Waals surface area contributed by atoms with Crippen LogP contribution in [0.25, 0.3) is 0 Å². The fourth-order valence-electron chi connectivity index (χ4n) is 3.48. The molecule has 0 unspecified atom stereocenters. The topological polar surface area (TPSA) is 94.6 Å². The van der Waals surface area contributed by atoms with Gasteiger partial charge in [-0.25, -0.2) is 17.6 Å². The van der Waals surface area contributed by atoms with E-state index in [-0.39, 0.29) is 17.5 Å². The van der Waals surface area contributed by atoms with Crippen LogP contribution in [0.5, 0.6) is 0 Å². The molecule has 1 saturated heterocycles. The van der Waals surface area contributed by atoms with Gasteiger partial charge in [-0.2, -0.15) is 4.31 Å². The molecule has 0 saturated carbocycles. The van der Waals surface area contributed by atoms with Crippen molar-refractivity contribution in [1.29, 1.82) is 0 Å². The summed E-state index contributed by atoms with van der Waals surface area (Å²) in [7, 11) is -3.23. The van der Waals surface area contributed by atoms with Gasteiger partial charge in [0.2, 0.25) is 10.0 Å². The largest absolute Gasteiger partial charge is 0.323 e. The fourth-order valence-corrected chi connectivity index (χ4v) is 4.64. The summed E-state index contributed by atoms with van der Waals surface area (Å²) >= 11 is 0. The predicted molar refractivity (Wildman–Crippen MR) is 119 cm³/mol. The lowest BCUT2D eigenvalue weighted by Gasteiger charge is -2.39. The second-order valence-corrected chi connectivity index (χ2v) is 9.88. The molecule has 31 heavy (non-hydrogen) atoms. The third-order valence-corrected chi connectivity index (χ3v) is 7.20. The molecule has 2 aromatic rings. The van der Waals surface area contributed by atoms with Crippen LogP contribution >= 0.6 is 0 Å². The average molecular weight is 450 g/mol. The van der Waals surface area contributed by atoms with Gasteiger partial charge in [0.05, 0.1) is 23.3 Å². The van der Waals surface area contributed by atoms with Crippen molar-refractivity contribution in [3.05, 3.63) is 53.6 Å². The molecule has 8 nitrogen and oxygen atoms in total. The Kier molecular flexibility index (Phi) is 7.24. The number of nitrogens with one attached hydrogen (secondary N) is 2. The van der Waals surface area contributed by atoms with Crippen LogP contribution in [-0.4, -0.2) is 60.1 Å². The van der Waals surface area contributed by atoms with E-state index in [1.54, 1.807) is 31.2 Å². The first-order valence-electron chi connectivity index (χ1n) is 10.2. The van der Waals surface area contributed by atoms with Crippen LogP contribution in [0.1, 0.15) is 25.1 Å². The number of nitrogens with zero attached hydrogens (tertiary/aromatic N) is 3. The fraction of sp³-hybridized carbons (Fsp3) is 0.429. The van der Waals surface area contributed by atoms with E-state index >= 15 is 4.39 Å². The van der Waals surface area contributed by atoms with Crippen molar-refractivity contribution >= 4 is 27.4 Å². The predicted octanol–water partition coefficient (Wildman–Crippen LogP) is 3.03. The third-order valence-electron chi connectivity index (χ3n) is 5.36. The van der Waals surface area contributed by atoms with Gasteiger partial charge in [0, 0.05) is 43.5 Å². The highest BCUT2D eigenvalue weighted by Crippen LogP contribution is 2.22. The van der Waals surface area contributed by atoms with Crippen LogP contribution in [0, 0.1) is 12.7 Å². The number of carbonyl (C=O) groups excluding carboxylic acids is 1. The number of rotatable bonds is 6. The number of sulfonamides is 1. The van der Waals surface area contributed by atoms with E-state index in [0.717, 1.165) is 5.69 Å². The van der Waals surface area contributed by atoms with Crippen LogP contribution in [0.15, 0.2) is 36.5 Å². The Balaban J connectivity index is 1.64. The zero-order valence-electron chi connectivity index (χ0n) is 17.9. The maximum Gasteiger partial charge on any atom is 0.323 e. The molecule has 10 heteroatoms. The van der Waals surface area contributed by atoms with Crippen LogP contribution in [-0.2, 0) is 16.6 Å². The molecule has 3 rings (SSSR count). The number of pyridine rings is 1. The van der Waals surface area contributed by atoms with Crippen molar-refractivity contribution < 1.29 is 17.6 Å². The molecular weight excluding hydrogens is 421 g/mol. The normalized spacial score (nSPS) is 18.0. The molecule has 0 aliphatic carbocycles. The number of hydrogen-bond acceptors (Lipinski definition) is 5. The monoisotopic (exact) mass is 449 g/mol. The highest BCUT2D eigenvalue weighted by atomic mass is 32.2. The molecule has 1 aromatic carbocycles. The van der Waals surface area contributed by atoms with Crippen molar-refractivity contribution in [3.63, 3.8) is 0 Å². The van der Waals surface area contributed by atoms with E-state index in [4.69, 9.17) is 0 Å². The van der Waals surface area contributed by atoms with E-state index in [1.165, 1.54) is 16.6 Å². The molecule has 0 spiro atoms. The minimum Gasteiger partial charge on any atom is -0.306 e. The van der Waals surface area contributed by atoms with Crippen molar-refractivity contribution in [2.24, 2.45) is 0 Å². The Morgan fingerprint density at radius 1 is 1.23 bits per heavy atom.